The molecule has 0 atom stereocenters. The first-order valence-corrected chi connectivity index (χ1v) is 12.3. The molecule has 0 radical (unpaired) electrons. The van der Waals surface area contributed by atoms with E-state index in [2.05, 4.69) is 10.2 Å². The predicted molar refractivity (Wildman–Crippen MR) is 116 cm³/mol. The first-order chi connectivity index (χ1) is 14.4. The minimum Gasteiger partial charge on any atom is -0.370 e. The van der Waals surface area contributed by atoms with Crippen LogP contribution in [-0.2, 0) is 27.5 Å². The van der Waals surface area contributed by atoms with E-state index in [1.807, 2.05) is 6.07 Å². The Morgan fingerprint density at radius 2 is 1.73 bits per heavy atom. The van der Waals surface area contributed by atoms with E-state index in [-0.39, 0.29) is 17.1 Å². The van der Waals surface area contributed by atoms with Gasteiger partial charge < -0.3 is 10.2 Å². The molecule has 2 aromatic carbocycles. The molecule has 7 heteroatoms. The molecule has 2 aromatic rings. The average Bonchev–Trinajstić information content (AvgIpc) is 3.21. The van der Waals surface area contributed by atoms with Crippen LogP contribution in [0.1, 0.15) is 43.2 Å². The van der Waals surface area contributed by atoms with Gasteiger partial charge >= 0.3 is 0 Å². The zero-order valence-corrected chi connectivity index (χ0v) is 17.8. The summed E-state index contributed by atoms with van der Waals surface area (Å²) < 4.78 is 39.2. The van der Waals surface area contributed by atoms with Gasteiger partial charge in [-0.25, -0.2) is 12.8 Å². The van der Waals surface area contributed by atoms with Crippen molar-refractivity contribution in [1.29, 1.82) is 0 Å². The molecule has 0 bridgehead atoms. The second kappa shape index (κ2) is 8.76. The number of nitrogens with zero attached hydrogens (tertiary/aromatic N) is 1. The van der Waals surface area contributed by atoms with Gasteiger partial charge in [-0.2, -0.15) is 0 Å². The lowest BCUT2D eigenvalue weighted by Crippen LogP contribution is -2.30. The second-order valence-electron chi connectivity index (χ2n) is 8.11. The van der Waals surface area contributed by atoms with Gasteiger partial charge in [-0.1, -0.05) is 6.07 Å². The van der Waals surface area contributed by atoms with E-state index < -0.39 is 21.6 Å². The van der Waals surface area contributed by atoms with Crippen molar-refractivity contribution < 1.29 is 17.6 Å². The van der Waals surface area contributed by atoms with Crippen LogP contribution in [0.4, 0.5) is 15.8 Å². The maximum absolute atomic E-state index is 13.8. The Morgan fingerprint density at radius 1 is 0.967 bits per heavy atom. The summed E-state index contributed by atoms with van der Waals surface area (Å²) in [6, 6.07) is 9.63. The third-order valence-corrected chi connectivity index (χ3v) is 7.67. The van der Waals surface area contributed by atoms with Gasteiger partial charge in [0.1, 0.15) is 5.82 Å². The van der Waals surface area contributed by atoms with Crippen molar-refractivity contribution in [3.05, 3.63) is 53.3 Å². The summed E-state index contributed by atoms with van der Waals surface area (Å²) in [4.78, 5) is 14.9. The molecular formula is C23H27FN2O3S. The zero-order valence-electron chi connectivity index (χ0n) is 17.0. The standard InChI is InChI=1S/C23H27FN2O3S/c24-19-8-10-22(26-12-2-1-3-13-26)21(16-19)25-23(27)11-14-30(28,29)20-9-7-17-5-4-6-18(17)15-20/h7-10,15-16H,1-6,11-14H2,(H,25,27). The largest absolute Gasteiger partial charge is 0.370 e. The summed E-state index contributed by atoms with van der Waals surface area (Å²) >= 11 is 0. The molecule has 1 aliphatic carbocycles. The van der Waals surface area contributed by atoms with E-state index in [4.69, 9.17) is 0 Å². The van der Waals surface area contributed by atoms with E-state index >= 15 is 0 Å². The fourth-order valence-electron chi connectivity index (χ4n) is 4.32. The molecule has 1 N–H and O–H groups in total. The molecule has 1 amide bonds. The zero-order chi connectivity index (χ0) is 21.1. The third-order valence-electron chi connectivity index (χ3n) is 5.96. The Hall–Kier alpha value is -2.41. The summed E-state index contributed by atoms with van der Waals surface area (Å²) in [6.07, 6.45) is 6.06. The number of sulfone groups is 1. The van der Waals surface area contributed by atoms with Gasteiger partial charge in [0.05, 0.1) is 22.0 Å². The van der Waals surface area contributed by atoms with E-state index in [0.29, 0.717) is 5.69 Å². The van der Waals surface area contributed by atoms with Gasteiger partial charge in [-0.05, 0) is 80.0 Å². The van der Waals surface area contributed by atoms with Crippen LogP contribution in [0.3, 0.4) is 0 Å². The summed E-state index contributed by atoms with van der Waals surface area (Å²) in [5.74, 6) is -1.13. The van der Waals surface area contributed by atoms with Crippen LogP contribution in [0.2, 0.25) is 0 Å². The highest BCUT2D eigenvalue weighted by atomic mass is 32.2. The lowest BCUT2D eigenvalue weighted by atomic mass is 10.1. The summed E-state index contributed by atoms with van der Waals surface area (Å²) in [5, 5.41) is 2.73. The topological polar surface area (TPSA) is 66.5 Å². The minimum atomic E-state index is -3.55. The number of fused-ring (bicyclic) bond motifs is 1. The van der Waals surface area contributed by atoms with Gasteiger partial charge in [0.15, 0.2) is 9.84 Å². The molecule has 0 saturated carbocycles. The lowest BCUT2D eigenvalue weighted by molar-refractivity contribution is -0.115. The van der Waals surface area contributed by atoms with Crippen molar-refractivity contribution in [2.75, 3.05) is 29.1 Å². The number of aryl methyl sites for hydroxylation is 2. The van der Waals surface area contributed by atoms with E-state index in [0.717, 1.165) is 56.4 Å². The van der Waals surface area contributed by atoms with Gasteiger partial charge in [-0.3, -0.25) is 4.79 Å². The monoisotopic (exact) mass is 430 g/mol. The van der Waals surface area contributed by atoms with E-state index in [1.54, 1.807) is 18.2 Å². The molecular weight excluding hydrogens is 403 g/mol. The Labute approximate surface area is 177 Å². The van der Waals surface area contributed by atoms with Crippen molar-refractivity contribution in [2.45, 2.75) is 49.8 Å². The SMILES string of the molecule is O=C(CCS(=O)(=O)c1ccc2c(c1)CCC2)Nc1cc(F)ccc1N1CCCCC1. The molecule has 1 fully saturated rings. The van der Waals surface area contributed by atoms with Crippen molar-refractivity contribution >= 4 is 27.1 Å². The van der Waals surface area contributed by atoms with Gasteiger partial charge in [0.25, 0.3) is 0 Å². The molecule has 1 saturated heterocycles. The summed E-state index contributed by atoms with van der Waals surface area (Å²) in [6.45, 7) is 1.72. The first kappa shape index (κ1) is 20.8. The van der Waals surface area contributed by atoms with Crippen LogP contribution < -0.4 is 10.2 Å². The Kier molecular flexibility index (Phi) is 6.09. The number of halogens is 1. The van der Waals surface area contributed by atoms with Crippen molar-refractivity contribution in [3.8, 4) is 0 Å². The number of benzene rings is 2. The molecule has 5 nitrogen and oxygen atoms in total. The summed E-state index contributed by atoms with van der Waals surface area (Å²) in [7, 11) is -3.55. The molecule has 2 aliphatic rings. The molecule has 30 heavy (non-hydrogen) atoms. The molecule has 0 unspecified atom stereocenters. The van der Waals surface area contributed by atoms with Crippen LogP contribution >= 0.6 is 0 Å². The number of hydrogen-bond donors (Lipinski definition) is 1. The molecule has 0 aromatic heterocycles. The quantitative estimate of drug-likeness (QED) is 0.749. The number of anilines is 2. The van der Waals surface area contributed by atoms with Gasteiger partial charge in [-0.15, -0.1) is 0 Å². The lowest BCUT2D eigenvalue weighted by Gasteiger charge is -2.30. The summed E-state index contributed by atoms with van der Waals surface area (Å²) in [5.41, 5.74) is 3.48. The predicted octanol–water partition coefficient (Wildman–Crippen LogP) is 4.11. The Balaban J connectivity index is 1.43. The number of nitrogens with one attached hydrogen (secondary N) is 1. The van der Waals surface area contributed by atoms with Crippen molar-refractivity contribution in [1.82, 2.24) is 0 Å². The maximum atomic E-state index is 13.8. The highest BCUT2D eigenvalue weighted by Gasteiger charge is 2.21. The molecule has 160 valence electrons. The van der Waals surface area contributed by atoms with Gasteiger partial charge in [0, 0.05) is 19.5 Å². The number of carbonyl (C=O) groups excluding carboxylic acids is 1. The highest BCUT2D eigenvalue weighted by Crippen LogP contribution is 2.30. The second-order valence-corrected chi connectivity index (χ2v) is 10.2. The third kappa shape index (κ3) is 4.67. The smallest absolute Gasteiger partial charge is 0.225 e. The fraction of sp³-hybridized carbons (Fsp3) is 0.435. The number of carbonyl (C=O) groups is 1. The Morgan fingerprint density at radius 3 is 2.53 bits per heavy atom. The van der Waals surface area contributed by atoms with E-state index in [1.165, 1.54) is 24.1 Å². The van der Waals surface area contributed by atoms with E-state index in [9.17, 15) is 17.6 Å². The van der Waals surface area contributed by atoms with Crippen molar-refractivity contribution in [2.24, 2.45) is 0 Å². The first-order valence-electron chi connectivity index (χ1n) is 10.6. The van der Waals surface area contributed by atoms with Gasteiger partial charge in [0.2, 0.25) is 5.91 Å². The number of hydrogen-bond acceptors (Lipinski definition) is 4. The Bertz CT molecular complexity index is 1050. The number of rotatable bonds is 6. The van der Waals surface area contributed by atoms with Crippen LogP contribution in [0.15, 0.2) is 41.3 Å². The maximum Gasteiger partial charge on any atom is 0.225 e. The normalized spacial score (nSPS) is 16.4. The van der Waals surface area contributed by atoms with Crippen molar-refractivity contribution in [3.63, 3.8) is 0 Å². The minimum absolute atomic E-state index is 0.171. The number of piperidine rings is 1. The average molecular weight is 431 g/mol. The highest BCUT2D eigenvalue weighted by molar-refractivity contribution is 7.91. The molecule has 0 spiro atoms. The fourth-order valence-corrected chi connectivity index (χ4v) is 5.61. The molecule has 1 heterocycles. The van der Waals surface area contributed by atoms with Crippen LogP contribution in [0, 0.1) is 5.82 Å². The molecule has 4 rings (SSSR count). The number of amides is 1. The molecule has 1 aliphatic heterocycles. The van der Waals surface area contributed by atoms with Crippen LogP contribution in [0.5, 0.6) is 0 Å². The van der Waals surface area contributed by atoms with Crippen LogP contribution in [0.25, 0.3) is 0 Å². The van der Waals surface area contributed by atoms with Crippen LogP contribution in [-0.4, -0.2) is 33.2 Å².